The lowest BCUT2D eigenvalue weighted by Crippen LogP contribution is -1.88. The van der Waals surface area contributed by atoms with Gasteiger partial charge >= 0.3 is 0 Å². The Morgan fingerprint density at radius 1 is 0.152 bits per heavy atom. The lowest BCUT2D eigenvalue weighted by atomic mass is 9.88. The van der Waals surface area contributed by atoms with Crippen LogP contribution in [0.1, 0.15) is 0 Å². The molecule has 0 aliphatic carbocycles. The molecule has 17 aromatic rings. The van der Waals surface area contributed by atoms with Gasteiger partial charge in [0.15, 0.2) is 0 Å². The van der Waals surface area contributed by atoms with E-state index < -0.39 is 0 Å². The summed E-state index contributed by atoms with van der Waals surface area (Å²) < 4.78 is 2.68. The van der Waals surface area contributed by atoms with Gasteiger partial charge in [-0.1, -0.05) is 231 Å². The van der Waals surface area contributed by atoms with Crippen molar-refractivity contribution in [3.05, 3.63) is 279 Å². The molecule has 17 rings (SSSR count). The van der Waals surface area contributed by atoms with Crippen LogP contribution in [0.4, 0.5) is 0 Å². The molecule has 0 aliphatic rings. The van der Waals surface area contributed by atoms with Gasteiger partial charge in [-0.25, -0.2) is 0 Å². The molecule has 0 atom stereocenters. The number of benzene rings is 16. The molecule has 1 aromatic heterocycles. The Labute approximate surface area is 460 Å². The average molecular weight is 1020 g/mol. The first kappa shape index (κ1) is 44.2. The summed E-state index contributed by atoms with van der Waals surface area (Å²) in [6.07, 6.45) is 0. The highest BCUT2D eigenvalue weighted by Gasteiger charge is 2.17. The molecular weight excluding hydrogens is 969 g/mol. The van der Waals surface area contributed by atoms with Crippen molar-refractivity contribution in [1.29, 1.82) is 0 Å². The van der Waals surface area contributed by atoms with Crippen molar-refractivity contribution in [3.8, 4) is 55.6 Å². The van der Waals surface area contributed by atoms with E-state index in [1.54, 1.807) is 0 Å². The van der Waals surface area contributed by atoms with Crippen molar-refractivity contribution >= 4 is 128 Å². The molecule has 1 heteroatoms. The van der Waals surface area contributed by atoms with Crippen LogP contribution < -0.4 is 0 Å². The Morgan fingerprint density at radius 2 is 0.405 bits per heavy atom. The van der Waals surface area contributed by atoms with Gasteiger partial charge < -0.3 is 0 Å². The normalized spacial score (nSPS) is 12.1. The molecule has 0 aliphatic heterocycles. The molecule has 0 N–H and O–H groups in total. The first-order valence-electron chi connectivity index (χ1n) is 27.4. The zero-order valence-corrected chi connectivity index (χ0v) is 43.8. The second kappa shape index (κ2) is 17.3. The van der Waals surface area contributed by atoms with Gasteiger partial charge in [0.05, 0.1) is 0 Å². The molecule has 0 spiro atoms. The quantitative estimate of drug-likeness (QED) is 0.151. The van der Waals surface area contributed by atoms with Crippen LogP contribution >= 0.6 is 11.3 Å². The van der Waals surface area contributed by atoms with Gasteiger partial charge in [0.2, 0.25) is 0 Å². The van der Waals surface area contributed by atoms with Crippen molar-refractivity contribution in [2.24, 2.45) is 0 Å². The van der Waals surface area contributed by atoms with Crippen LogP contribution in [0.3, 0.4) is 0 Å². The molecule has 364 valence electrons. The van der Waals surface area contributed by atoms with Gasteiger partial charge in [-0.2, -0.15) is 0 Å². The summed E-state index contributed by atoms with van der Waals surface area (Å²) in [5.74, 6) is 0. The van der Waals surface area contributed by atoms with E-state index in [-0.39, 0.29) is 0 Å². The lowest BCUT2D eigenvalue weighted by molar-refractivity contribution is 1.59. The summed E-state index contributed by atoms with van der Waals surface area (Å²) in [6, 6.07) is 105. The van der Waals surface area contributed by atoms with E-state index in [0.29, 0.717) is 0 Å². The summed E-state index contributed by atoms with van der Waals surface area (Å²) in [6.45, 7) is 0. The van der Waals surface area contributed by atoms with Crippen molar-refractivity contribution in [2.75, 3.05) is 0 Å². The highest BCUT2D eigenvalue weighted by molar-refractivity contribution is 7.26. The number of fused-ring (bicyclic) bond motifs is 21. The summed E-state index contributed by atoms with van der Waals surface area (Å²) in [5.41, 5.74) is 12.2. The standard InChI is InChI=1S/C78H46S/c1-2-20-59-57(18-1)58-19-3-4-21-60(58)72-42-51(30-35-65(59)72)49-16-11-14-47(40-49)48-15-12-17-50(41-48)52-31-36-66-67-37-32-53(44-74(67)62-23-6-5-22-61(62)73(66)43-52)54-33-38-68-69-39-34-55(46-76(69)64-25-8-7-24-63(64)75(68)45-54)56-27-13-28-71-70-26-9-10-29-77(70)79-78(56)71/h1-46H. The zero-order valence-electron chi connectivity index (χ0n) is 43.0. The highest BCUT2D eigenvalue weighted by Crippen LogP contribution is 2.45. The molecule has 16 aromatic carbocycles. The van der Waals surface area contributed by atoms with Crippen molar-refractivity contribution < 1.29 is 0 Å². The maximum Gasteiger partial charge on any atom is 0.0433 e. The molecule has 0 bridgehead atoms. The third-order valence-electron chi connectivity index (χ3n) is 17.2. The molecule has 0 saturated heterocycles. The Kier molecular flexibility index (Phi) is 9.68. The predicted octanol–water partition coefficient (Wildman–Crippen LogP) is 22.8. The zero-order chi connectivity index (χ0) is 51.7. The molecule has 0 nitrogen and oxygen atoms in total. The van der Waals surface area contributed by atoms with E-state index in [9.17, 15) is 0 Å². The van der Waals surface area contributed by atoms with Crippen LogP contribution in [0, 0.1) is 0 Å². The van der Waals surface area contributed by atoms with Gasteiger partial charge in [-0.05, 0) is 201 Å². The summed E-state index contributed by atoms with van der Waals surface area (Å²) in [5, 5.41) is 25.7. The van der Waals surface area contributed by atoms with Gasteiger partial charge in [-0.3, -0.25) is 0 Å². The minimum Gasteiger partial charge on any atom is -0.135 e. The second-order valence-electron chi connectivity index (χ2n) is 21.4. The first-order chi connectivity index (χ1) is 39.1. The third kappa shape index (κ3) is 6.87. The minimum atomic E-state index is 1.20. The number of hydrogen-bond acceptors (Lipinski definition) is 1. The molecule has 0 saturated carbocycles. The first-order valence-corrected chi connectivity index (χ1v) is 28.2. The molecule has 0 fully saturated rings. The largest absolute Gasteiger partial charge is 0.135 e. The van der Waals surface area contributed by atoms with Crippen molar-refractivity contribution in [1.82, 2.24) is 0 Å². The van der Waals surface area contributed by atoms with E-state index in [4.69, 9.17) is 0 Å². The van der Waals surface area contributed by atoms with E-state index in [0.717, 1.165) is 0 Å². The smallest absolute Gasteiger partial charge is 0.0433 e. The number of thiophene rings is 1. The molecule has 0 amide bonds. The van der Waals surface area contributed by atoms with E-state index in [1.807, 2.05) is 11.3 Å². The van der Waals surface area contributed by atoms with Gasteiger partial charge in [-0.15, -0.1) is 11.3 Å². The predicted molar refractivity (Wildman–Crippen MR) is 344 cm³/mol. The van der Waals surface area contributed by atoms with E-state index in [2.05, 4.69) is 279 Å². The van der Waals surface area contributed by atoms with Crippen molar-refractivity contribution in [3.63, 3.8) is 0 Å². The maximum atomic E-state index is 2.43. The van der Waals surface area contributed by atoms with E-state index in [1.165, 1.54) is 173 Å². The highest BCUT2D eigenvalue weighted by atomic mass is 32.1. The van der Waals surface area contributed by atoms with E-state index >= 15 is 0 Å². The maximum absolute atomic E-state index is 2.43. The monoisotopic (exact) mass is 1010 g/mol. The van der Waals surface area contributed by atoms with Crippen molar-refractivity contribution in [2.45, 2.75) is 0 Å². The van der Waals surface area contributed by atoms with Gasteiger partial charge in [0, 0.05) is 20.2 Å². The molecular formula is C78H46S. The fourth-order valence-corrected chi connectivity index (χ4v) is 14.7. The van der Waals surface area contributed by atoms with Crippen LogP contribution in [0.25, 0.3) is 173 Å². The Bertz CT molecular complexity index is 5370. The summed E-state index contributed by atoms with van der Waals surface area (Å²) in [4.78, 5) is 0. The Morgan fingerprint density at radius 3 is 0.772 bits per heavy atom. The molecule has 0 unspecified atom stereocenters. The third-order valence-corrected chi connectivity index (χ3v) is 18.4. The lowest BCUT2D eigenvalue weighted by Gasteiger charge is -2.15. The average Bonchev–Trinajstić information content (AvgIpc) is 3.97. The summed E-state index contributed by atoms with van der Waals surface area (Å²) in [7, 11) is 0. The SMILES string of the molecule is c1cc(-c2cccc(-c3ccc4c5ccc(-c6ccc7c8ccc(-c9cccc%10c9sc9ccccc9%10)cc8c8ccccc8c7c6)cc5c5ccccc5c4c3)c2)cc(-c2ccc3c4ccccc4c4ccccc4c3c2)c1. The Hall–Kier alpha value is -9.92. The topological polar surface area (TPSA) is 0 Å². The van der Waals surface area contributed by atoms with Crippen LogP contribution in [0.2, 0.25) is 0 Å². The Balaban J connectivity index is 0.732. The fourth-order valence-electron chi connectivity index (χ4n) is 13.4. The minimum absolute atomic E-state index is 1.20. The molecule has 79 heavy (non-hydrogen) atoms. The number of rotatable bonds is 5. The number of hydrogen-bond donors (Lipinski definition) is 0. The summed E-state index contributed by atoms with van der Waals surface area (Å²) >= 11 is 1.89. The second-order valence-corrected chi connectivity index (χ2v) is 22.5. The molecule has 0 radical (unpaired) electrons. The van der Waals surface area contributed by atoms with Crippen LogP contribution in [-0.2, 0) is 0 Å². The fraction of sp³-hybridized carbons (Fsp3) is 0. The van der Waals surface area contributed by atoms with Gasteiger partial charge in [0.1, 0.15) is 0 Å². The van der Waals surface area contributed by atoms with Crippen LogP contribution in [0.15, 0.2) is 279 Å². The van der Waals surface area contributed by atoms with Crippen LogP contribution in [0.5, 0.6) is 0 Å². The van der Waals surface area contributed by atoms with Crippen LogP contribution in [-0.4, -0.2) is 0 Å². The van der Waals surface area contributed by atoms with Gasteiger partial charge in [0.25, 0.3) is 0 Å². The molecule has 1 heterocycles.